The molecule has 36 heavy (non-hydrogen) atoms. The van der Waals surface area contributed by atoms with Crippen LogP contribution in [0.2, 0.25) is 10.0 Å². The van der Waals surface area contributed by atoms with Crippen LogP contribution in [0.4, 0.5) is 0 Å². The fourth-order valence-corrected chi connectivity index (χ4v) is 6.86. The molecule has 1 heterocycles. The minimum Gasteiger partial charge on any atom is -0.495 e. The van der Waals surface area contributed by atoms with Gasteiger partial charge in [0.2, 0.25) is 0 Å². The normalized spacial score (nSPS) is 20.7. The Labute approximate surface area is 221 Å². The van der Waals surface area contributed by atoms with Gasteiger partial charge in [0, 0.05) is 36.1 Å². The standard InChI is InChI=1S/C26H29Cl2N3O4S/c1-15-23(29)20(8-11-31(15)25(32)19-6-5-7-21(35-3)22(19)28)24(30-2)16-12-17(14-18(27)13-16)26(9-10-26)36(4,33)34/h5-7,12-15,29-30H,8-11H2,1-4H3/b24-20-,29-23?/t15-/m0/s1. The van der Waals surface area contributed by atoms with E-state index < -0.39 is 20.6 Å². The average molecular weight is 551 g/mol. The summed E-state index contributed by atoms with van der Waals surface area (Å²) in [5, 5.41) is 12.8. The summed E-state index contributed by atoms with van der Waals surface area (Å²) in [5.41, 5.74) is 3.46. The first-order chi connectivity index (χ1) is 16.9. The lowest BCUT2D eigenvalue weighted by Crippen LogP contribution is -2.48. The maximum atomic E-state index is 13.3. The maximum absolute atomic E-state index is 13.3. The van der Waals surface area contributed by atoms with Crippen molar-refractivity contribution in [2.75, 3.05) is 27.0 Å². The van der Waals surface area contributed by atoms with Gasteiger partial charge in [-0.3, -0.25) is 4.79 Å². The minimum absolute atomic E-state index is 0.243. The molecule has 0 unspecified atom stereocenters. The van der Waals surface area contributed by atoms with Crippen molar-refractivity contribution in [2.45, 2.75) is 37.0 Å². The van der Waals surface area contributed by atoms with Crippen LogP contribution in [0.5, 0.6) is 5.75 Å². The number of carbonyl (C=O) groups is 1. The highest BCUT2D eigenvalue weighted by molar-refractivity contribution is 7.92. The summed E-state index contributed by atoms with van der Waals surface area (Å²) in [6.45, 7) is 2.20. The van der Waals surface area contributed by atoms with Crippen LogP contribution in [0.1, 0.15) is 47.7 Å². The number of nitrogens with zero attached hydrogens (tertiary/aromatic N) is 1. The van der Waals surface area contributed by atoms with Gasteiger partial charge in [-0.1, -0.05) is 29.3 Å². The Balaban J connectivity index is 1.69. The zero-order valence-corrected chi connectivity index (χ0v) is 22.9. The molecule has 0 aromatic heterocycles. The first-order valence-electron chi connectivity index (χ1n) is 11.6. The monoisotopic (exact) mass is 549 g/mol. The molecule has 1 saturated carbocycles. The van der Waals surface area contributed by atoms with Gasteiger partial charge in [-0.05, 0) is 67.6 Å². The largest absolute Gasteiger partial charge is 0.495 e. The zero-order valence-electron chi connectivity index (χ0n) is 20.6. The van der Waals surface area contributed by atoms with E-state index >= 15 is 0 Å². The van der Waals surface area contributed by atoms with Crippen molar-refractivity contribution in [1.29, 1.82) is 5.41 Å². The Morgan fingerprint density at radius 3 is 2.50 bits per heavy atom. The molecule has 0 radical (unpaired) electrons. The van der Waals surface area contributed by atoms with Gasteiger partial charge in [0.15, 0.2) is 9.84 Å². The molecule has 2 fully saturated rings. The summed E-state index contributed by atoms with van der Waals surface area (Å²) in [7, 11) is -0.0526. The fourth-order valence-electron chi connectivity index (χ4n) is 4.95. The van der Waals surface area contributed by atoms with E-state index in [2.05, 4.69) is 5.32 Å². The highest BCUT2D eigenvalue weighted by Crippen LogP contribution is 2.53. The zero-order chi connectivity index (χ0) is 26.4. The molecule has 1 aliphatic carbocycles. The van der Waals surface area contributed by atoms with Gasteiger partial charge < -0.3 is 20.4 Å². The Morgan fingerprint density at radius 2 is 1.92 bits per heavy atom. The predicted octanol–water partition coefficient (Wildman–Crippen LogP) is 4.92. The van der Waals surface area contributed by atoms with E-state index in [4.69, 9.17) is 33.3 Å². The van der Waals surface area contributed by atoms with Gasteiger partial charge in [0.1, 0.15) is 5.75 Å². The number of rotatable bonds is 6. The number of likely N-dealkylation sites (tertiary alicyclic amines) is 1. The minimum atomic E-state index is -3.31. The second kappa shape index (κ2) is 9.72. The molecular weight excluding hydrogens is 521 g/mol. The molecule has 2 aliphatic rings. The van der Waals surface area contributed by atoms with Crippen LogP contribution in [0.15, 0.2) is 42.0 Å². The Morgan fingerprint density at radius 1 is 1.22 bits per heavy atom. The summed E-state index contributed by atoms with van der Waals surface area (Å²) in [6, 6.07) is 9.88. The number of carbonyl (C=O) groups excluding carboxylic acids is 1. The molecule has 2 aromatic rings. The number of benzene rings is 2. The number of hydrogen-bond donors (Lipinski definition) is 2. The number of hydrogen-bond acceptors (Lipinski definition) is 6. The SMILES string of the molecule is CN/C(=C1/CCN(C(=O)c2cccc(OC)c2Cl)[C@@H](C)C1=N)c1cc(Cl)cc(C2(S(C)(=O)=O)CC2)c1. The lowest BCUT2D eigenvalue weighted by Gasteiger charge is -2.36. The molecule has 1 saturated heterocycles. The molecule has 7 nitrogen and oxygen atoms in total. The van der Waals surface area contributed by atoms with Crippen molar-refractivity contribution in [1.82, 2.24) is 10.2 Å². The third-order valence-electron chi connectivity index (χ3n) is 7.17. The first kappa shape index (κ1) is 26.5. The molecular formula is C26H29Cl2N3O4S. The van der Waals surface area contributed by atoms with Crippen LogP contribution in [0, 0.1) is 5.41 Å². The summed E-state index contributed by atoms with van der Waals surface area (Å²) in [6.07, 6.45) is 2.82. The highest BCUT2D eigenvalue weighted by Gasteiger charge is 2.53. The Hall–Kier alpha value is -2.55. The maximum Gasteiger partial charge on any atom is 0.256 e. The van der Waals surface area contributed by atoms with E-state index in [1.54, 1.807) is 42.3 Å². The highest BCUT2D eigenvalue weighted by atomic mass is 35.5. The van der Waals surface area contributed by atoms with Crippen LogP contribution >= 0.6 is 23.2 Å². The van der Waals surface area contributed by atoms with Crippen LogP contribution in [0.25, 0.3) is 5.70 Å². The Kier molecular flexibility index (Phi) is 7.16. The van der Waals surface area contributed by atoms with E-state index in [9.17, 15) is 13.2 Å². The quantitative estimate of drug-likeness (QED) is 0.532. The summed E-state index contributed by atoms with van der Waals surface area (Å²) < 4.78 is 29.3. The number of halogens is 2. The Bertz CT molecular complexity index is 1380. The molecule has 1 amide bonds. The van der Waals surface area contributed by atoms with Crippen LogP contribution in [0.3, 0.4) is 0 Å². The van der Waals surface area contributed by atoms with Crippen molar-refractivity contribution in [3.8, 4) is 5.75 Å². The van der Waals surface area contributed by atoms with E-state index in [0.29, 0.717) is 59.1 Å². The van der Waals surface area contributed by atoms with Gasteiger partial charge in [0.05, 0.1) is 34.2 Å². The molecule has 2 N–H and O–H groups in total. The summed E-state index contributed by atoms with van der Waals surface area (Å²) in [4.78, 5) is 15.0. The first-order valence-corrected chi connectivity index (χ1v) is 14.2. The molecule has 1 aliphatic heterocycles. The molecule has 0 bridgehead atoms. The van der Waals surface area contributed by atoms with Crippen molar-refractivity contribution in [3.63, 3.8) is 0 Å². The number of methoxy groups -OCH3 is 1. The number of piperidine rings is 1. The topological polar surface area (TPSA) is 99.6 Å². The van der Waals surface area contributed by atoms with E-state index in [1.165, 1.54) is 13.4 Å². The molecule has 10 heteroatoms. The lowest BCUT2D eigenvalue weighted by atomic mass is 9.90. The van der Waals surface area contributed by atoms with Crippen LogP contribution in [-0.2, 0) is 14.6 Å². The lowest BCUT2D eigenvalue weighted by molar-refractivity contribution is 0.0728. The summed E-state index contributed by atoms with van der Waals surface area (Å²) in [5.74, 6) is 0.148. The molecule has 1 atom stereocenters. The van der Waals surface area contributed by atoms with E-state index in [-0.39, 0.29) is 10.9 Å². The van der Waals surface area contributed by atoms with Crippen LogP contribution in [-0.4, -0.2) is 57.9 Å². The second-order valence-corrected chi connectivity index (χ2v) is 12.4. The summed E-state index contributed by atoms with van der Waals surface area (Å²) >= 11 is 12.8. The fraction of sp³-hybridized carbons (Fsp3) is 0.385. The number of sulfone groups is 1. The van der Waals surface area contributed by atoms with Gasteiger partial charge in [-0.25, -0.2) is 8.42 Å². The van der Waals surface area contributed by atoms with Gasteiger partial charge in [0.25, 0.3) is 5.91 Å². The van der Waals surface area contributed by atoms with Gasteiger partial charge in [-0.2, -0.15) is 0 Å². The predicted molar refractivity (Wildman–Crippen MR) is 144 cm³/mol. The van der Waals surface area contributed by atoms with Gasteiger partial charge >= 0.3 is 0 Å². The number of ether oxygens (including phenoxy) is 1. The van der Waals surface area contributed by atoms with Gasteiger partial charge in [-0.15, -0.1) is 0 Å². The van der Waals surface area contributed by atoms with Crippen molar-refractivity contribution in [2.24, 2.45) is 0 Å². The van der Waals surface area contributed by atoms with Crippen molar-refractivity contribution < 1.29 is 17.9 Å². The average Bonchev–Trinajstić information content (AvgIpc) is 3.64. The number of nitrogens with one attached hydrogen (secondary N) is 2. The molecule has 0 spiro atoms. The smallest absolute Gasteiger partial charge is 0.256 e. The van der Waals surface area contributed by atoms with E-state index in [1.807, 2.05) is 13.0 Å². The molecule has 4 rings (SSSR count). The third-order valence-corrected chi connectivity index (χ3v) is 9.84. The second-order valence-electron chi connectivity index (χ2n) is 9.26. The molecule has 192 valence electrons. The van der Waals surface area contributed by atoms with E-state index in [0.717, 1.165) is 11.1 Å². The van der Waals surface area contributed by atoms with Crippen molar-refractivity contribution in [3.05, 3.63) is 68.7 Å². The molecule has 2 aromatic carbocycles. The van der Waals surface area contributed by atoms with Crippen molar-refractivity contribution >= 4 is 50.4 Å². The number of amides is 1. The third kappa shape index (κ3) is 4.51. The van der Waals surface area contributed by atoms with Crippen LogP contribution < -0.4 is 10.1 Å².